The second kappa shape index (κ2) is 7.18. The van der Waals surface area contributed by atoms with Crippen LogP contribution in [0.15, 0.2) is 108 Å². The van der Waals surface area contributed by atoms with Gasteiger partial charge < -0.3 is 4.42 Å². The number of nitrogens with zero attached hydrogens (tertiary/aromatic N) is 3. The van der Waals surface area contributed by atoms with E-state index in [-0.39, 0.29) is 0 Å². The van der Waals surface area contributed by atoms with Crippen LogP contribution in [0, 0.1) is 0 Å². The molecule has 4 heteroatoms. The number of hydrogen-bond donors (Lipinski definition) is 0. The smallest absolute Gasteiger partial charge is 0.227 e. The summed E-state index contributed by atoms with van der Waals surface area (Å²) in [5.74, 6) is 1.28. The van der Waals surface area contributed by atoms with Crippen molar-refractivity contribution in [2.75, 3.05) is 0 Å². The quantitative estimate of drug-likeness (QED) is 0.329. The van der Waals surface area contributed by atoms with E-state index in [0.717, 1.165) is 44.4 Å². The van der Waals surface area contributed by atoms with Crippen LogP contribution in [0.4, 0.5) is 0 Å². The first-order valence-electron chi connectivity index (χ1n) is 10.1. The summed E-state index contributed by atoms with van der Waals surface area (Å²) < 4.78 is 5.96. The van der Waals surface area contributed by atoms with Crippen molar-refractivity contribution in [1.82, 2.24) is 15.0 Å². The minimum absolute atomic E-state index is 0.608. The van der Waals surface area contributed by atoms with Crippen LogP contribution in [0.1, 0.15) is 0 Å². The molecule has 0 radical (unpaired) electrons. The van der Waals surface area contributed by atoms with Crippen molar-refractivity contribution in [3.8, 4) is 34.1 Å². The molecule has 0 saturated carbocycles. The highest BCUT2D eigenvalue weighted by Crippen LogP contribution is 2.31. The maximum Gasteiger partial charge on any atom is 0.227 e. The van der Waals surface area contributed by atoms with Crippen LogP contribution in [0.3, 0.4) is 0 Å². The lowest BCUT2D eigenvalue weighted by Crippen LogP contribution is -1.95. The molecule has 0 aliphatic carbocycles. The first-order chi connectivity index (χ1) is 15.3. The van der Waals surface area contributed by atoms with Gasteiger partial charge in [-0.15, -0.1) is 0 Å². The third kappa shape index (κ3) is 3.15. The van der Waals surface area contributed by atoms with Crippen molar-refractivity contribution in [1.29, 1.82) is 0 Å². The highest BCUT2D eigenvalue weighted by atomic mass is 16.3. The van der Waals surface area contributed by atoms with E-state index in [4.69, 9.17) is 14.4 Å². The molecule has 0 N–H and O–H groups in total. The van der Waals surface area contributed by atoms with Gasteiger partial charge in [0, 0.05) is 22.1 Å². The van der Waals surface area contributed by atoms with Gasteiger partial charge in [0.25, 0.3) is 0 Å². The maximum atomic E-state index is 5.96. The maximum absolute atomic E-state index is 5.96. The molecule has 0 aliphatic rings. The molecule has 2 aromatic heterocycles. The summed E-state index contributed by atoms with van der Waals surface area (Å²) in [5.41, 5.74) is 6.29. The summed E-state index contributed by atoms with van der Waals surface area (Å²) in [6.07, 6.45) is 0. The van der Waals surface area contributed by atoms with Crippen LogP contribution in [0.2, 0.25) is 0 Å². The number of hydrogen-bond acceptors (Lipinski definition) is 4. The van der Waals surface area contributed by atoms with Crippen molar-refractivity contribution in [3.63, 3.8) is 0 Å². The zero-order chi connectivity index (χ0) is 20.6. The molecule has 0 bridgehead atoms. The molecule has 0 amide bonds. The third-order valence-electron chi connectivity index (χ3n) is 5.32. The molecule has 0 fully saturated rings. The highest BCUT2D eigenvalue weighted by molar-refractivity contribution is 5.94. The predicted octanol–water partition coefficient (Wildman–Crippen LogP) is 6.77. The molecule has 4 nitrogen and oxygen atoms in total. The Morgan fingerprint density at radius 2 is 1.23 bits per heavy atom. The lowest BCUT2D eigenvalue weighted by molar-refractivity contribution is 0.620. The van der Waals surface area contributed by atoms with Crippen molar-refractivity contribution in [2.24, 2.45) is 0 Å². The summed E-state index contributed by atoms with van der Waals surface area (Å²) in [5, 5.41) is 1.03. The van der Waals surface area contributed by atoms with E-state index in [0.29, 0.717) is 11.7 Å². The monoisotopic (exact) mass is 399 g/mol. The number of benzene rings is 4. The second-order valence-electron chi connectivity index (χ2n) is 7.35. The number of oxazole rings is 1. The van der Waals surface area contributed by atoms with Gasteiger partial charge in [0.15, 0.2) is 11.4 Å². The Kier molecular flexibility index (Phi) is 4.06. The normalized spacial score (nSPS) is 11.2. The predicted molar refractivity (Wildman–Crippen MR) is 123 cm³/mol. The Labute approximate surface area is 178 Å². The van der Waals surface area contributed by atoms with Gasteiger partial charge in [-0.2, -0.15) is 0 Å². The third-order valence-corrected chi connectivity index (χ3v) is 5.32. The molecule has 31 heavy (non-hydrogen) atoms. The molecule has 0 unspecified atom stereocenters. The van der Waals surface area contributed by atoms with Gasteiger partial charge in [0.05, 0.1) is 11.2 Å². The molecular formula is C27H17N3O. The van der Waals surface area contributed by atoms with Gasteiger partial charge >= 0.3 is 0 Å². The number of aromatic nitrogens is 3. The standard InChI is InChI=1S/C27H17N3O/c1-3-9-18(10-4-1)25-21-13-7-8-14-22(21)28-26(30-25)20-15-16-24-23(17-20)29-27(31-24)19-11-5-2-6-12-19/h1-17H. The van der Waals surface area contributed by atoms with Crippen LogP contribution in [0.5, 0.6) is 0 Å². The molecule has 6 aromatic rings. The van der Waals surface area contributed by atoms with Crippen molar-refractivity contribution in [3.05, 3.63) is 103 Å². The van der Waals surface area contributed by atoms with Gasteiger partial charge in [0.1, 0.15) is 5.52 Å². The lowest BCUT2D eigenvalue weighted by atomic mass is 10.1. The molecule has 0 spiro atoms. The Balaban J connectivity index is 1.52. The molecule has 0 saturated heterocycles. The summed E-state index contributed by atoms with van der Waals surface area (Å²) in [6.45, 7) is 0. The molecule has 2 heterocycles. The zero-order valence-corrected chi connectivity index (χ0v) is 16.6. The highest BCUT2D eigenvalue weighted by Gasteiger charge is 2.13. The molecule has 6 rings (SSSR count). The zero-order valence-electron chi connectivity index (χ0n) is 16.6. The van der Waals surface area contributed by atoms with Crippen LogP contribution in [0.25, 0.3) is 56.1 Å². The van der Waals surface area contributed by atoms with E-state index >= 15 is 0 Å². The van der Waals surface area contributed by atoms with Gasteiger partial charge in [-0.1, -0.05) is 66.7 Å². The second-order valence-corrected chi connectivity index (χ2v) is 7.35. The van der Waals surface area contributed by atoms with Gasteiger partial charge in [-0.25, -0.2) is 15.0 Å². The number of para-hydroxylation sites is 1. The molecule has 0 atom stereocenters. The van der Waals surface area contributed by atoms with E-state index in [9.17, 15) is 0 Å². The molecule has 0 aliphatic heterocycles. The Bertz CT molecular complexity index is 1520. The van der Waals surface area contributed by atoms with Crippen LogP contribution in [-0.4, -0.2) is 15.0 Å². The first kappa shape index (κ1) is 17.5. The minimum atomic E-state index is 0.608. The van der Waals surface area contributed by atoms with Crippen molar-refractivity contribution < 1.29 is 4.42 Å². The fourth-order valence-corrected chi connectivity index (χ4v) is 3.79. The fraction of sp³-hybridized carbons (Fsp3) is 0. The van der Waals surface area contributed by atoms with Crippen molar-refractivity contribution in [2.45, 2.75) is 0 Å². The minimum Gasteiger partial charge on any atom is -0.436 e. The molecular weight excluding hydrogens is 382 g/mol. The van der Waals surface area contributed by atoms with E-state index in [1.54, 1.807) is 0 Å². The van der Waals surface area contributed by atoms with Crippen LogP contribution < -0.4 is 0 Å². The Morgan fingerprint density at radius 3 is 2.03 bits per heavy atom. The van der Waals surface area contributed by atoms with Crippen LogP contribution in [-0.2, 0) is 0 Å². The Morgan fingerprint density at radius 1 is 0.516 bits per heavy atom. The molecule has 4 aromatic carbocycles. The number of rotatable bonds is 3. The van der Waals surface area contributed by atoms with Crippen LogP contribution >= 0.6 is 0 Å². The van der Waals surface area contributed by atoms with Gasteiger partial charge in [-0.05, 0) is 36.4 Å². The number of fused-ring (bicyclic) bond motifs is 2. The first-order valence-corrected chi connectivity index (χ1v) is 10.1. The summed E-state index contributed by atoms with van der Waals surface area (Å²) in [7, 11) is 0. The average Bonchev–Trinajstić information content (AvgIpc) is 3.28. The largest absolute Gasteiger partial charge is 0.436 e. The topological polar surface area (TPSA) is 51.8 Å². The summed E-state index contributed by atoms with van der Waals surface area (Å²) in [6, 6.07) is 34.1. The fourth-order valence-electron chi connectivity index (χ4n) is 3.79. The Hall–Kier alpha value is -4.31. The van der Waals surface area contributed by atoms with E-state index in [1.165, 1.54) is 0 Å². The SMILES string of the molecule is c1ccc(-c2nc3cc(-c4nc(-c5ccccc5)c5ccccc5n4)ccc3o2)cc1. The van der Waals surface area contributed by atoms with Gasteiger partial charge in [0.2, 0.25) is 5.89 Å². The van der Waals surface area contributed by atoms with E-state index in [1.807, 2.05) is 84.9 Å². The summed E-state index contributed by atoms with van der Waals surface area (Å²) in [4.78, 5) is 14.5. The van der Waals surface area contributed by atoms with E-state index in [2.05, 4.69) is 23.2 Å². The lowest BCUT2D eigenvalue weighted by Gasteiger charge is -2.09. The average molecular weight is 399 g/mol. The molecule has 146 valence electrons. The van der Waals surface area contributed by atoms with Gasteiger partial charge in [-0.3, -0.25) is 0 Å². The van der Waals surface area contributed by atoms with E-state index < -0.39 is 0 Å². The van der Waals surface area contributed by atoms with Crippen molar-refractivity contribution >= 4 is 22.0 Å². The summed E-state index contributed by atoms with van der Waals surface area (Å²) >= 11 is 0.